The molecule has 0 aliphatic carbocycles. The predicted octanol–water partition coefficient (Wildman–Crippen LogP) is 6.50. The highest BCUT2D eigenvalue weighted by molar-refractivity contribution is 6.32. The SMILES string of the molecule is O=C(c1cccc(Cl)c1)c1n[nH]c(C(=O)c2cccc(Cl)c2)c1-c1cccc(Cl)c1. The lowest BCUT2D eigenvalue weighted by Gasteiger charge is -2.07. The van der Waals surface area contributed by atoms with Gasteiger partial charge in [0.25, 0.3) is 0 Å². The van der Waals surface area contributed by atoms with Crippen molar-refractivity contribution in [2.24, 2.45) is 0 Å². The van der Waals surface area contributed by atoms with Gasteiger partial charge in [-0.25, -0.2) is 0 Å². The average molecular weight is 456 g/mol. The molecule has 4 nitrogen and oxygen atoms in total. The van der Waals surface area contributed by atoms with Gasteiger partial charge in [-0.2, -0.15) is 5.10 Å². The van der Waals surface area contributed by atoms with Crippen LogP contribution in [0.2, 0.25) is 15.1 Å². The molecule has 0 aliphatic heterocycles. The number of rotatable bonds is 5. The van der Waals surface area contributed by atoms with Crippen molar-refractivity contribution in [1.29, 1.82) is 0 Å². The molecule has 0 atom stereocenters. The number of aromatic amines is 1. The van der Waals surface area contributed by atoms with Crippen molar-refractivity contribution >= 4 is 46.4 Å². The van der Waals surface area contributed by atoms with E-state index in [9.17, 15) is 9.59 Å². The first-order valence-corrected chi connectivity index (χ1v) is 10.0. The summed E-state index contributed by atoms with van der Waals surface area (Å²) in [5, 5.41) is 8.24. The zero-order valence-electron chi connectivity index (χ0n) is 15.3. The van der Waals surface area contributed by atoms with Gasteiger partial charge in [-0.05, 0) is 42.0 Å². The number of hydrogen-bond acceptors (Lipinski definition) is 3. The summed E-state index contributed by atoms with van der Waals surface area (Å²) in [6.45, 7) is 0. The van der Waals surface area contributed by atoms with E-state index in [0.29, 0.717) is 37.3 Å². The number of nitrogens with one attached hydrogen (secondary N) is 1. The van der Waals surface area contributed by atoms with Crippen LogP contribution in [0, 0.1) is 0 Å². The van der Waals surface area contributed by atoms with Gasteiger partial charge in [0.2, 0.25) is 11.6 Å². The zero-order chi connectivity index (χ0) is 21.3. The van der Waals surface area contributed by atoms with Crippen molar-refractivity contribution < 1.29 is 9.59 Å². The van der Waals surface area contributed by atoms with Crippen molar-refractivity contribution in [3.63, 3.8) is 0 Å². The molecular formula is C23H13Cl3N2O2. The molecular weight excluding hydrogens is 443 g/mol. The minimum Gasteiger partial charge on any atom is -0.287 e. The molecule has 148 valence electrons. The van der Waals surface area contributed by atoms with Gasteiger partial charge >= 0.3 is 0 Å². The molecule has 0 fully saturated rings. The Kier molecular flexibility index (Phi) is 5.73. The molecule has 0 unspecified atom stereocenters. The van der Waals surface area contributed by atoms with Crippen molar-refractivity contribution in [3.8, 4) is 11.1 Å². The van der Waals surface area contributed by atoms with Crippen LogP contribution in [0.3, 0.4) is 0 Å². The Morgan fingerprint density at radius 1 is 0.700 bits per heavy atom. The normalized spacial score (nSPS) is 10.8. The summed E-state index contributed by atoms with van der Waals surface area (Å²) in [6.07, 6.45) is 0. The Bertz CT molecular complexity index is 1210. The third kappa shape index (κ3) is 4.03. The maximum atomic E-state index is 13.2. The fraction of sp³-hybridized carbons (Fsp3) is 0. The summed E-state index contributed by atoms with van der Waals surface area (Å²) in [5.74, 6) is -0.709. The maximum absolute atomic E-state index is 13.2. The lowest BCUT2D eigenvalue weighted by molar-refractivity contribution is 0.102. The van der Waals surface area contributed by atoms with Crippen molar-refractivity contribution in [2.75, 3.05) is 0 Å². The quantitative estimate of drug-likeness (QED) is 0.349. The molecule has 0 bridgehead atoms. The molecule has 4 rings (SSSR count). The zero-order valence-corrected chi connectivity index (χ0v) is 17.6. The molecule has 4 aromatic rings. The van der Waals surface area contributed by atoms with E-state index in [4.69, 9.17) is 34.8 Å². The van der Waals surface area contributed by atoms with Crippen LogP contribution in [0.4, 0.5) is 0 Å². The minimum absolute atomic E-state index is 0.102. The van der Waals surface area contributed by atoms with Crippen LogP contribution in [0.5, 0.6) is 0 Å². The largest absolute Gasteiger partial charge is 0.287 e. The van der Waals surface area contributed by atoms with Gasteiger partial charge in [0.1, 0.15) is 11.4 Å². The van der Waals surface area contributed by atoms with Crippen LogP contribution in [0.25, 0.3) is 11.1 Å². The number of aromatic nitrogens is 2. The fourth-order valence-corrected chi connectivity index (χ4v) is 3.71. The Labute approximate surface area is 187 Å². The number of hydrogen-bond donors (Lipinski definition) is 1. The van der Waals surface area contributed by atoms with E-state index in [1.807, 2.05) is 0 Å². The van der Waals surface area contributed by atoms with Gasteiger partial charge in [-0.1, -0.05) is 71.2 Å². The van der Waals surface area contributed by atoms with Crippen LogP contribution in [-0.2, 0) is 0 Å². The lowest BCUT2D eigenvalue weighted by atomic mass is 9.95. The molecule has 1 N–H and O–H groups in total. The van der Waals surface area contributed by atoms with Gasteiger partial charge in [-0.3, -0.25) is 14.7 Å². The van der Waals surface area contributed by atoms with Crippen molar-refractivity contribution in [3.05, 3.63) is 110 Å². The lowest BCUT2D eigenvalue weighted by Crippen LogP contribution is -2.06. The molecule has 7 heteroatoms. The molecule has 0 aliphatic rings. The third-order valence-electron chi connectivity index (χ3n) is 4.50. The van der Waals surface area contributed by atoms with Crippen LogP contribution < -0.4 is 0 Å². The van der Waals surface area contributed by atoms with Gasteiger partial charge in [0.15, 0.2) is 0 Å². The van der Waals surface area contributed by atoms with Gasteiger partial charge in [-0.15, -0.1) is 0 Å². The fourth-order valence-electron chi connectivity index (χ4n) is 3.14. The van der Waals surface area contributed by atoms with Crippen LogP contribution in [0.15, 0.2) is 72.8 Å². The predicted molar refractivity (Wildman–Crippen MR) is 119 cm³/mol. The summed E-state index contributed by atoms with van der Waals surface area (Å²) in [6, 6.07) is 20.0. The smallest absolute Gasteiger partial charge is 0.213 e. The van der Waals surface area contributed by atoms with E-state index in [0.717, 1.165) is 0 Å². The van der Waals surface area contributed by atoms with E-state index in [1.165, 1.54) is 0 Å². The Morgan fingerprint density at radius 2 is 1.23 bits per heavy atom. The summed E-state index contributed by atoms with van der Waals surface area (Å²) >= 11 is 18.2. The summed E-state index contributed by atoms with van der Waals surface area (Å²) in [4.78, 5) is 26.4. The molecule has 0 saturated carbocycles. The molecule has 1 heterocycles. The summed E-state index contributed by atoms with van der Waals surface area (Å²) in [7, 11) is 0. The van der Waals surface area contributed by atoms with Crippen LogP contribution in [0.1, 0.15) is 32.1 Å². The van der Waals surface area contributed by atoms with E-state index in [1.54, 1.807) is 72.8 Å². The average Bonchev–Trinajstić information content (AvgIpc) is 3.17. The van der Waals surface area contributed by atoms with Gasteiger partial charge in [0.05, 0.1) is 0 Å². The number of carbonyl (C=O) groups is 2. The maximum Gasteiger partial charge on any atom is 0.213 e. The van der Waals surface area contributed by atoms with Crippen LogP contribution in [-0.4, -0.2) is 21.8 Å². The molecule has 3 aromatic carbocycles. The molecule has 0 spiro atoms. The van der Waals surface area contributed by atoms with E-state index in [-0.39, 0.29) is 23.0 Å². The van der Waals surface area contributed by atoms with E-state index < -0.39 is 0 Å². The monoisotopic (exact) mass is 454 g/mol. The van der Waals surface area contributed by atoms with E-state index >= 15 is 0 Å². The van der Waals surface area contributed by atoms with Crippen LogP contribution >= 0.6 is 34.8 Å². The standard InChI is InChI=1S/C23H13Cl3N2O2/c24-16-7-1-4-13(10-16)19-20(22(29)14-5-2-8-17(25)11-14)27-28-21(19)23(30)15-6-3-9-18(26)12-15/h1-12H,(H,27,28). The number of H-pyrrole nitrogens is 1. The number of benzene rings is 3. The Balaban J connectivity index is 1.90. The Hall–Kier alpha value is -2.92. The highest BCUT2D eigenvalue weighted by Crippen LogP contribution is 2.31. The number of halogens is 3. The molecule has 1 aromatic heterocycles. The molecule has 30 heavy (non-hydrogen) atoms. The number of ketones is 2. The summed E-state index contributed by atoms with van der Waals surface area (Å²) < 4.78 is 0. The first-order chi connectivity index (χ1) is 14.4. The third-order valence-corrected chi connectivity index (χ3v) is 5.20. The first-order valence-electron chi connectivity index (χ1n) is 8.89. The number of carbonyl (C=O) groups excluding carboxylic acids is 2. The second kappa shape index (κ2) is 8.44. The van der Waals surface area contributed by atoms with Gasteiger partial charge in [0, 0.05) is 31.8 Å². The van der Waals surface area contributed by atoms with Crippen molar-refractivity contribution in [1.82, 2.24) is 10.2 Å². The topological polar surface area (TPSA) is 62.8 Å². The molecule has 0 saturated heterocycles. The van der Waals surface area contributed by atoms with E-state index in [2.05, 4.69) is 10.2 Å². The second-order valence-electron chi connectivity index (χ2n) is 6.51. The second-order valence-corrected chi connectivity index (χ2v) is 7.82. The Morgan fingerprint density at radius 3 is 1.80 bits per heavy atom. The molecule has 0 radical (unpaired) electrons. The molecule has 0 amide bonds. The number of nitrogens with zero attached hydrogens (tertiary/aromatic N) is 1. The highest BCUT2D eigenvalue weighted by atomic mass is 35.5. The minimum atomic E-state index is -0.367. The van der Waals surface area contributed by atoms with Gasteiger partial charge < -0.3 is 0 Å². The van der Waals surface area contributed by atoms with Crippen molar-refractivity contribution in [2.45, 2.75) is 0 Å². The summed E-state index contributed by atoms with van der Waals surface area (Å²) in [5.41, 5.74) is 1.96. The highest BCUT2D eigenvalue weighted by Gasteiger charge is 2.26. The first kappa shape index (κ1) is 20.4.